The van der Waals surface area contributed by atoms with E-state index in [1.54, 1.807) is 54.6 Å². The number of carbonyl (C=O) groups excluding carboxylic acids is 10. The Morgan fingerprint density at radius 1 is 0.621 bits per heavy atom. The highest BCUT2D eigenvalue weighted by Crippen LogP contribution is 2.31. The molecule has 66 heavy (non-hydrogen) atoms. The lowest BCUT2D eigenvalue weighted by molar-refractivity contribution is -0.138. The number of hydrogen-bond acceptors (Lipinski definition) is 10. The number of hydrogen-bond donors (Lipinski definition) is 3. The minimum atomic E-state index is -0.723. The molecule has 2 atom stereocenters. The van der Waals surface area contributed by atoms with Crippen molar-refractivity contribution in [3.8, 4) is 0 Å². The Hall–Kier alpha value is -7.94. The Labute approximate surface area is 378 Å². The molecule has 15 heteroatoms. The molecule has 0 spiro atoms. The molecule has 5 aromatic rings. The maximum absolute atomic E-state index is 12.9. The first-order valence-corrected chi connectivity index (χ1v) is 21.6. The molecule has 2 saturated heterocycles. The summed E-state index contributed by atoms with van der Waals surface area (Å²) in [6.07, 6.45) is 1.41. The van der Waals surface area contributed by atoms with Crippen molar-refractivity contribution in [2.75, 3.05) is 0 Å². The van der Waals surface area contributed by atoms with Crippen LogP contribution in [0.1, 0.15) is 107 Å². The zero-order valence-corrected chi connectivity index (χ0v) is 36.2. The summed E-state index contributed by atoms with van der Waals surface area (Å²) in [6, 6.07) is 27.3. The number of imide groups is 2. The Bertz CT molecular complexity index is 2920. The highest BCUT2D eigenvalue weighted by Gasteiger charge is 2.41. The molecule has 15 nitrogen and oxygen atoms in total. The van der Waals surface area contributed by atoms with Crippen molar-refractivity contribution in [2.45, 2.75) is 84.1 Å². The Kier molecular flexibility index (Phi) is 12.6. The molecule has 5 aromatic carbocycles. The van der Waals surface area contributed by atoms with Crippen LogP contribution >= 0.6 is 0 Å². The van der Waals surface area contributed by atoms with Gasteiger partial charge in [0.15, 0.2) is 0 Å². The molecular weight excluding hydrogens is 843 g/mol. The lowest BCUT2D eigenvalue weighted by Crippen LogP contribution is -2.52. The smallest absolute Gasteiger partial charge is 0.292 e. The number of Topliss-reactive ketones (excluding diaryl/α,β-unsaturated/α-hetero) is 3. The summed E-state index contributed by atoms with van der Waals surface area (Å²) in [6.45, 7) is 4.28. The third kappa shape index (κ3) is 9.32. The first-order chi connectivity index (χ1) is 31.6. The van der Waals surface area contributed by atoms with Crippen molar-refractivity contribution in [3.05, 3.63) is 153 Å². The predicted octanol–water partition coefficient (Wildman–Crippen LogP) is 4.55. The third-order valence-corrected chi connectivity index (χ3v) is 12.3. The van der Waals surface area contributed by atoms with Gasteiger partial charge in [-0.3, -0.25) is 58.6 Å². The fraction of sp³-hybridized carbons (Fsp3) is 0.255. The van der Waals surface area contributed by atoms with Gasteiger partial charge in [-0.05, 0) is 96.5 Å². The average Bonchev–Trinajstić information content (AvgIpc) is 3.81. The largest absolute Gasteiger partial charge is 0.345 e. The van der Waals surface area contributed by atoms with Gasteiger partial charge in [0.25, 0.3) is 17.7 Å². The molecule has 4 aliphatic rings. The van der Waals surface area contributed by atoms with Crippen LogP contribution in [-0.4, -0.2) is 80.6 Å². The minimum Gasteiger partial charge on any atom is -0.345 e. The standard InChI is InChI=1S/C27H22N2O5.C24H23N3O5/c30-23(25(32)19-8-7-17-3-1-2-4-18(17)14-19)11-6-16-5-9-21-20(13-16)15-29(27(21)34)22-10-12-24(31)28-26(22)33;1-13-8-14(2)10-16(9-13)21(29)23(31)25-11-15-4-3-5-17-18(15)12-27(24(17)32)19-6-7-20(28)26-22(19)30/h1-5,7-9,13-14,22H,6,10-12,15H2,(H,28,31,33);3-5,8-10,19H,6-7,11-12H2,1-2H3,(H,25,31)(H,26,28,30). The van der Waals surface area contributed by atoms with Crippen molar-refractivity contribution in [1.29, 1.82) is 0 Å². The number of nitrogens with zero attached hydrogens (tertiary/aromatic N) is 2. The summed E-state index contributed by atoms with van der Waals surface area (Å²) >= 11 is 0. The number of rotatable bonds is 11. The van der Waals surface area contributed by atoms with E-state index >= 15 is 0 Å². The van der Waals surface area contributed by atoms with E-state index in [-0.39, 0.29) is 68.9 Å². The summed E-state index contributed by atoms with van der Waals surface area (Å²) in [5.74, 6) is -4.42. The fourth-order valence-corrected chi connectivity index (χ4v) is 8.95. The second kappa shape index (κ2) is 18.6. The summed E-state index contributed by atoms with van der Waals surface area (Å²) in [4.78, 5) is 126. The van der Waals surface area contributed by atoms with Crippen LogP contribution in [0.3, 0.4) is 0 Å². The average molecular weight is 888 g/mol. The van der Waals surface area contributed by atoms with E-state index in [0.29, 0.717) is 46.2 Å². The van der Waals surface area contributed by atoms with Gasteiger partial charge < -0.3 is 15.1 Å². The van der Waals surface area contributed by atoms with Gasteiger partial charge in [-0.2, -0.15) is 0 Å². The Balaban J connectivity index is 0.000000180. The summed E-state index contributed by atoms with van der Waals surface area (Å²) in [5.41, 5.74) is 6.52. The summed E-state index contributed by atoms with van der Waals surface area (Å²) in [5, 5.41) is 9.13. The second-order valence-corrected chi connectivity index (χ2v) is 16.9. The molecule has 334 valence electrons. The van der Waals surface area contributed by atoms with Crippen LogP contribution in [-0.2, 0) is 54.8 Å². The van der Waals surface area contributed by atoms with Gasteiger partial charge >= 0.3 is 0 Å². The quantitative estimate of drug-likeness (QED) is 0.0957. The molecule has 4 heterocycles. The van der Waals surface area contributed by atoms with E-state index < -0.39 is 47.2 Å². The molecule has 0 saturated carbocycles. The maximum atomic E-state index is 12.9. The number of aryl methyl sites for hydroxylation is 3. The van der Waals surface area contributed by atoms with Gasteiger partial charge in [-0.1, -0.05) is 77.9 Å². The van der Waals surface area contributed by atoms with E-state index in [2.05, 4.69) is 16.0 Å². The Morgan fingerprint density at radius 3 is 1.92 bits per heavy atom. The second-order valence-electron chi connectivity index (χ2n) is 16.9. The normalized spacial score (nSPS) is 17.7. The molecule has 0 aromatic heterocycles. The van der Waals surface area contributed by atoms with Crippen molar-refractivity contribution in [1.82, 2.24) is 25.8 Å². The third-order valence-electron chi connectivity index (χ3n) is 12.3. The van der Waals surface area contributed by atoms with Gasteiger partial charge in [0.1, 0.15) is 12.1 Å². The van der Waals surface area contributed by atoms with Crippen molar-refractivity contribution in [3.63, 3.8) is 0 Å². The van der Waals surface area contributed by atoms with E-state index in [4.69, 9.17) is 0 Å². The van der Waals surface area contributed by atoms with Gasteiger partial charge in [0, 0.05) is 61.2 Å². The molecular formula is C51H45N5O10. The molecule has 4 aliphatic heterocycles. The molecule has 9 rings (SSSR count). The van der Waals surface area contributed by atoms with Crippen molar-refractivity contribution >= 4 is 69.5 Å². The van der Waals surface area contributed by atoms with Gasteiger partial charge in [-0.15, -0.1) is 0 Å². The lowest BCUT2D eigenvalue weighted by Gasteiger charge is -2.29. The van der Waals surface area contributed by atoms with E-state index in [0.717, 1.165) is 33.0 Å². The zero-order valence-electron chi connectivity index (χ0n) is 36.2. The molecule has 2 unspecified atom stereocenters. The van der Waals surface area contributed by atoms with Gasteiger partial charge in [0.2, 0.25) is 41.0 Å². The number of ketones is 3. The van der Waals surface area contributed by atoms with Crippen LogP contribution in [0.4, 0.5) is 0 Å². The topological polar surface area (TPSA) is 213 Å². The van der Waals surface area contributed by atoms with Gasteiger partial charge in [-0.25, -0.2) is 0 Å². The van der Waals surface area contributed by atoms with Crippen LogP contribution in [0.25, 0.3) is 10.8 Å². The zero-order chi connectivity index (χ0) is 46.8. The molecule has 0 radical (unpaired) electrons. The first kappa shape index (κ1) is 44.7. The van der Waals surface area contributed by atoms with Crippen molar-refractivity contribution < 1.29 is 47.9 Å². The number of amides is 7. The highest BCUT2D eigenvalue weighted by molar-refractivity contribution is 6.44. The number of piperidine rings is 2. The SMILES string of the molecule is Cc1cc(C)cc(C(=O)C(=O)NCc2cccc3c2CN(C2CCC(=O)NC2=O)C3=O)c1.O=C1CCC(N2Cc3cc(CCC(=O)C(=O)c4ccc5ccccc5c4)ccc3C2=O)C(=O)N1. The number of nitrogens with one attached hydrogen (secondary N) is 3. The molecule has 3 N–H and O–H groups in total. The van der Waals surface area contributed by atoms with E-state index in [1.807, 2.05) is 56.3 Å². The Morgan fingerprint density at radius 2 is 1.26 bits per heavy atom. The fourth-order valence-electron chi connectivity index (χ4n) is 8.95. The van der Waals surface area contributed by atoms with Crippen LogP contribution < -0.4 is 16.0 Å². The highest BCUT2D eigenvalue weighted by atomic mass is 16.2. The van der Waals surface area contributed by atoms with E-state index in [9.17, 15) is 47.9 Å². The minimum absolute atomic E-state index is 0.0647. The molecule has 0 aliphatic carbocycles. The number of benzene rings is 5. The molecule has 0 bridgehead atoms. The lowest BCUT2D eigenvalue weighted by atomic mass is 9.98. The first-order valence-electron chi connectivity index (χ1n) is 21.6. The maximum Gasteiger partial charge on any atom is 0.292 e. The molecule has 2 fully saturated rings. The van der Waals surface area contributed by atoms with E-state index in [1.165, 1.54) is 9.80 Å². The monoisotopic (exact) mass is 887 g/mol. The van der Waals surface area contributed by atoms with Crippen LogP contribution in [0.2, 0.25) is 0 Å². The summed E-state index contributed by atoms with van der Waals surface area (Å²) in [7, 11) is 0. The van der Waals surface area contributed by atoms with Gasteiger partial charge in [0.05, 0.1) is 0 Å². The van der Waals surface area contributed by atoms with Crippen molar-refractivity contribution in [2.24, 2.45) is 0 Å². The van der Waals surface area contributed by atoms with Crippen LogP contribution in [0, 0.1) is 13.8 Å². The molecule has 7 amide bonds. The predicted molar refractivity (Wildman–Crippen MR) is 239 cm³/mol. The van der Waals surface area contributed by atoms with Crippen LogP contribution in [0.15, 0.2) is 97.1 Å². The number of fused-ring (bicyclic) bond motifs is 3. The summed E-state index contributed by atoms with van der Waals surface area (Å²) < 4.78 is 0. The number of carbonyl (C=O) groups is 10. The van der Waals surface area contributed by atoms with Crippen LogP contribution in [0.5, 0.6) is 0 Å².